The van der Waals surface area contributed by atoms with Crippen molar-refractivity contribution in [2.45, 2.75) is 19.9 Å². The Morgan fingerprint density at radius 3 is 2.58 bits per heavy atom. The predicted octanol–water partition coefficient (Wildman–Crippen LogP) is 3.19. The predicted molar refractivity (Wildman–Crippen MR) is 91.0 cm³/mol. The van der Waals surface area contributed by atoms with Crippen LogP contribution in [0.4, 0.5) is 0 Å². The van der Waals surface area contributed by atoms with E-state index in [-0.39, 0.29) is 18.3 Å². The van der Waals surface area contributed by atoms with E-state index in [0.717, 1.165) is 11.1 Å². The van der Waals surface area contributed by atoms with E-state index in [1.54, 1.807) is 29.4 Å². The molecule has 0 fully saturated rings. The number of methoxy groups -OCH3 is 1. The van der Waals surface area contributed by atoms with Crippen molar-refractivity contribution in [3.63, 3.8) is 0 Å². The van der Waals surface area contributed by atoms with Gasteiger partial charge >= 0.3 is 5.97 Å². The summed E-state index contributed by atoms with van der Waals surface area (Å²) >= 11 is 0. The van der Waals surface area contributed by atoms with Crippen LogP contribution in [0.25, 0.3) is 6.08 Å². The van der Waals surface area contributed by atoms with E-state index in [2.05, 4.69) is 4.74 Å². The van der Waals surface area contributed by atoms with Gasteiger partial charge in [0.05, 0.1) is 19.8 Å². The minimum atomic E-state index is -0.341. The van der Waals surface area contributed by atoms with Gasteiger partial charge in [0.2, 0.25) is 5.91 Å². The molecule has 0 aliphatic carbocycles. The molecule has 126 valence electrons. The fourth-order valence-electron chi connectivity index (χ4n) is 2.15. The highest BCUT2D eigenvalue weighted by molar-refractivity contribution is 5.91. The monoisotopic (exact) mass is 327 g/mol. The third-order valence-electron chi connectivity index (χ3n) is 3.55. The summed E-state index contributed by atoms with van der Waals surface area (Å²) in [5.74, 6) is 0.0780. The van der Waals surface area contributed by atoms with Crippen molar-refractivity contribution in [1.82, 2.24) is 4.90 Å². The number of furan rings is 1. The maximum atomic E-state index is 12.5. The maximum Gasteiger partial charge on any atom is 0.307 e. The van der Waals surface area contributed by atoms with Crippen molar-refractivity contribution >= 4 is 18.0 Å². The number of amides is 1. The van der Waals surface area contributed by atoms with Gasteiger partial charge in [-0.3, -0.25) is 9.59 Å². The third-order valence-corrected chi connectivity index (χ3v) is 3.55. The summed E-state index contributed by atoms with van der Waals surface area (Å²) in [6.45, 7) is 2.73. The second-order valence-electron chi connectivity index (χ2n) is 5.42. The smallest absolute Gasteiger partial charge is 0.307 e. The van der Waals surface area contributed by atoms with Crippen LogP contribution in [-0.2, 0) is 20.9 Å². The number of ether oxygens (including phenoxy) is 1. The van der Waals surface area contributed by atoms with E-state index >= 15 is 0 Å². The van der Waals surface area contributed by atoms with E-state index in [1.807, 2.05) is 31.2 Å². The van der Waals surface area contributed by atoms with Gasteiger partial charge in [-0.1, -0.05) is 29.8 Å². The maximum absolute atomic E-state index is 12.5. The lowest BCUT2D eigenvalue weighted by atomic mass is 10.1. The Morgan fingerprint density at radius 1 is 1.21 bits per heavy atom. The largest absolute Gasteiger partial charge is 0.469 e. The Bertz CT molecular complexity index is 687. The van der Waals surface area contributed by atoms with E-state index in [0.29, 0.717) is 18.8 Å². The first-order chi connectivity index (χ1) is 11.6. The zero-order valence-corrected chi connectivity index (χ0v) is 13.9. The Hall–Kier alpha value is -2.82. The highest BCUT2D eigenvalue weighted by atomic mass is 16.5. The zero-order valence-electron chi connectivity index (χ0n) is 13.9. The Kier molecular flexibility index (Phi) is 6.37. The van der Waals surface area contributed by atoms with Crippen molar-refractivity contribution in [3.05, 3.63) is 65.6 Å². The molecule has 1 heterocycles. The van der Waals surface area contributed by atoms with Gasteiger partial charge in [0.1, 0.15) is 5.76 Å². The number of aryl methyl sites for hydroxylation is 1. The van der Waals surface area contributed by atoms with Crippen LogP contribution in [0.15, 0.2) is 53.2 Å². The van der Waals surface area contributed by atoms with E-state index in [1.165, 1.54) is 13.2 Å². The van der Waals surface area contributed by atoms with Gasteiger partial charge in [0, 0.05) is 19.2 Å². The summed E-state index contributed by atoms with van der Waals surface area (Å²) in [6.07, 6.45) is 4.76. The van der Waals surface area contributed by atoms with Crippen LogP contribution >= 0.6 is 0 Å². The SMILES string of the molecule is COC(=O)CCN(Cc1ccc(C)cc1)C(=O)/C=C/c1ccco1. The topological polar surface area (TPSA) is 59.8 Å². The lowest BCUT2D eigenvalue weighted by Crippen LogP contribution is -2.31. The summed E-state index contributed by atoms with van der Waals surface area (Å²) in [5.41, 5.74) is 2.16. The number of rotatable bonds is 7. The average Bonchev–Trinajstić information content (AvgIpc) is 3.11. The lowest BCUT2D eigenvalue weighted by molar-refractivity contribution is -0.141. The first-order valence-corrected chi connectivity index (χ1v) is 7.71. The second kappa shape index (κ2) is 8.72. The first-order valence-electron chi connectivity index (χ1n) is 7.71. The van der Waals surface area contributed by atoms with Crippen molar-refractivity contribution in [1.29, 1.82) is 0 Å². The standard InChI is InChI=1S/C19H21NO4/c1-15-5-7-16(8-6-15)14-20(12-11-19(22)23-2)18(21)10-9-17-4-3-13-24-17/h3-10,13H,11-12,14H2,1-2H3/b10-9+. The molecule has 24 heavy (non-hydrogen) atoms. The first kappa shape index (κ1) is 17.5. The molecule has 0 N–H and O–H groups in total. The molecule has 0 bridgehead atoms. The third kappa shape index (κ3) is 5.43. The number of nitrogens with zero attached hydrogens (tertiary/aromatic N) is 1. The molecule has 2 rings (SSSR count). The molecule has 2 aromatic rings. The van der Waals surface area contributed by atoms with Crippen LogP contribution < -0.4 is 0 Å². The number of benzene rings is 1. The molecule has 0 saturated carbocycles. The second-order valence-corrected chi connectivity index (χ2v) is 5.42. The molecule has 0 radical (unpaired) electrons. The number of carbonyl (C=O) groups excluding carboxylic acids is 2. The molecular weight excluding hydrogens is 306 g/mol. The highest BCUT2D eigenvalue weighted by Gasteiger charge is 2.14. The van der Waals surface area contributed by atoms with Crippen molar-refractivity contribution in [2.75, 3.05) is 13.7 Å². The van der Waals surface area contributed by atoms with Crippen LogP contribution in [-0.4, -0.2) is 30.4 Å². The number of esters is 1. The summed E-state index contributed by atoms with van der Waals surface area (Å²) < 4.78 is 9.83. The van der Waals surface area contributed by atoms with Crippen LogP contribution in [0.1, 0.15) is 23.3 Å². The van der Waals surface area contributed by atoms with Gasteiger partial charge in [0.15, 0.2) is 0 Å². The molecule has 0 aliphatic heterocycles. The molecular formula is C19H21NO4. The quantitative estimate of drug-likeness (QED) is 0.579. The molecule has 0 saturated heterocycles. The van der Waals surface area contributed by atoms with Gasteiger partial charge in [-0.25, -0.2) is 0 Å². The van der Waals surface area contributed by atoms with Gasteiger partial charge in [-0.2, -0.15) is 0 Å². The van der Waals surface area contributed by atoms with Crippen LogP contribution in [0.3, 0.4) is 0 Å². The van der Waals surface area contributed by atoms with Crippen molar-refractivity contribution < 1.29 is 18.7 Å². The molecule has 1 aromatic heterocycles. The van der Waals surface area contributed by atoms with E-state index < -0.39 is 0 Å². The van der Waals surface area contributed by atoms with Crippen LogP contribution in [0.5, 0.6) is 0 Å². The highest BCUT2D eigenvalue weighted by Crippen LogP contribution is 2.10. The Labute approximate surface area is 141 Å². The number of hydrogen-bond acceptors (Lipinski definition) is 4. The van der Waals surface area contributed by atoms with Crippen LogP contribution in [0, 0.1) is 6.92 Å². The van der Waals surface area contributed by atoms with Gasteiger partial charge < -0.3 is 14.1 Å². The zero-order chi connectivity index (χ0) is 17.4. The lowest BCUT2D eigenvalue weighted by Gasteiger charge is -2.21. The minimum absolute atomic E-state index is 0.155. The van der Waals surface area contributed by atoms with E-state index in [4.69, 9.17) is 4.42 Å². The number of carbonyl (C=O) groups is 2. The van der Waals surface area contributed by atoms with E-state index in [9.17, 15) is 9.59 Å². The fraction of sp³-hybridized carbons (Fsp3) is 0.263. The molecule has 1 amide bonds. The molecule has 0 spiro atoms. The van der Waals surface area contributed by atoms with Gasteiger partial charge in [-0.15, -0.1) is 0 Å². The summed E-state index contributed by atoms with van der Waals surface area (Å²) in [7, 11) is 1.34. The normalized spacial score (nSPS) is 10.8. The van der Waals surface area contributed by atoms with Gasteiger partial charge in [-0.05, 0) is 30.7 Å². The van der Waals surface area contributed by atoms with Gasteiger partial charge in [0.25, 0.3) is 0 Å². The Balaban J connectivity index is 2.07. The fourth-order valence-corrected chi connectivity index (χ4v) is 2.15. The molecule has 0 aliphatic rings. The molecule has 0 unspecified atom stereocenters. The molecule has 1 aromatic carbocycles. The average molecular weight is 327 g/mol. The Morgan fingerprint density at radius 2 is 1.96 bits per heavy atom. The minimum Gasteiger partial charge on any atom is -0.469 e. The van der Waals surface area contributed by atoms with Crippen molar-refractivity contribution in [3.8, 4) is 0 Å². The summed E-state index contributed by atoms with van der Waals surface area (Å²) in [5, 5.41) is 0. The summed E-state index contributed by atoms with van der Waals surface area (Å²) in [6, 6.07) is 11.5. The van der Waals surface area contributed by atoms with Crippen molar-refractivity contribution in [2.24, 2.45) is 0 Å². The van der Waals surface area contributed by atoms with Crippen LogP contribution in [0.2, 0.25) is 0 Å². The summed E-state index contributed by atoms with van der Waals surface area (Å²) in [4.78, 5) is 25.5. The molecule has 5 heteroatoms. The molecule has 5 nitrogen and oxygen atoms in total. The molecule has 0 atom stereocenters. The number of hydrogen-bond donors (Lipinski definition) is 0.